The summed E-state index contributed by atoms with van der Waals surface area (Å²) in [5.41, 5.74) is 0.902. The summed E-state index contributed by atoms with van der Waals surface area (Å²) in [7, 11) is 0. The number of hydrogen-bond acceptors (Lipinski definition) is 4. The Labute approximate surface area is 127 Å². The Morgan fingerprint density at radius 3 is 2.50 bits per heavy atom. The van der Waals surface area contributed by atoms with Gasteiger partial charge in [0, 0.05) is 31.2 Å². The summed E-state index contributed by atoms with van der Waals surface area (Å²) in [4.78, 5) is 8.83. The number of nitrogens with zero attached hydrogens (tertiary/aromatic N) is 2. The number of anilines is 1. The number of rotatable bonds is 8. The van der Waals surface area contributed by atoms with Gasteiger partial charge in [-0.1, -0.05) is 39.3 Å². The van der Waals surface area contributed by atoms with Crippen LogP contribution in [0.4, 0.5) is 5.82 Å². The molecule has 1 aromatic heterocycles. The van der Waals surface area contributed by atoms with Gasteiger partial charge in [-0.3, -0.25) is 0 Å². The van der Waals surface area contributed by atoms with Gasteiger partial charge < -0.3 is 10.1 Å². The lowest BCUT2D eigenvalue weighted by atomic mass is 10.2. The Bertz CT molecular complexity index is 422. The standard InChI is InChI=1S/C15H26ClN3O/c1-10(2)9-20-8-6-7-17-15-12(5)13(16)18-14(19-15)11(3)4/h10-11H,6-9H2,1-5H3,(H,17,18,19). The zero-order chi connectivity index (χ0) is 15.1. The molecule has 0 fully saturated rings. The van der Waals surface area contributed by atoms with Crippen molar-refractivity contribution in [2.75, 3.05) is 25.1 Å². The molecule has 1 heterocycles. The minimum Gasteiger partial charge on any atom is -0.381 e. The lowest BCUT2D eigenvalue weighted by Gasteiger charge is -2.13. The predicted octanol–water partition coefficient (Wildman–Crippen LogP) is 4.04. The molecule has 1 aromatic rings. The smallest absolute Gasteiger partial charge is 0.137 e. The van der Waals surface area contributed by atoms with Crippen molar-refractivity contribution in [1.29, 1.82) is 0 Å². The lowest BCUT2D eigenvalue weighted by molar-refractivity contribution is 0.110. The van der Waals surface area contributed by atoms with Crippen LogP contribution in [-0.2, 0) is 4.74 Å². The molecular formula is C15H26ClN3O. The van der Waals surface area contributed by atoms with E-state index in [9.17, 15) is 0 Å². The summed E-state index contributed by atoms with van der Waals surface area (Å²) in [6.07, 6.45) is 0.949. The molecule has 0 aliphatic carbocycles. The Morgan fingerprint density at radius 1 is 1.20 bits per heavy atom. The maximum Gasteiger partial charge on any atom is 0.137 e. The van der Waals surface area contributed by atoms with Gasteiger partial charge in [-0.05, 0) is 19.3 Å². The van der Waals surface area contributed by atoms with Crippen LogP contribution in [0, 0.1) is 12.8 Å². The van der Waals surface area contributed by atoms with Crippen LogP contribution >= 0.6 is 11.6 Å². The Kier molecular flexibility index (Phi) is 7.24. The average molecular weight is 300 g/mol. The van der Waals surface area contributed by atoms with Crippen LogP contribution in [0.2, 0.25) is 5.15 Å². The molecule has 0 aliphatic rings. The Morgan fingerprint density at radius 2 is 1.90 bits per heavy atom. The molecule has 1 N–H and O–H groups in total. The van der Waals surface area contributed by atoms with E-state index in [1.165, 1.54) is 0 Å². The van der Waals surface area contributed by atoms with E-state index in [1.807, 2.05) is 6.92 Å². The Hall–Kier alpha value is -0.870. The van der Waals surface area contributed by atoms with E-state index < -0.39 is 0 Å². The predicted molar refractivity (Wildman–Crippen MR) is 84.6 cm³/mol. The first-order valence-corrected chi connectivity index (χ1v) is 7.65. The van der Waals surface area contributed by atoms with Crippen molar-refractivity contribution in [3.8, 4) is 0 Å². The monoisotopic (exact) mass is 299 g/mol. The number of ether oxygens (including phenoxy) is 1. The summed E-state index contributed by atoms with van der Waals surface area (Å²) in [6.45, 7) is 12.8. The molecule has 0 unspecified atom stereocenters. The van der Waals surface area contributed by atoms with Gasteiger partial charge in [-0.15, -0.1) is 0 Å². The molecule has 0 amide bonds. The molecule has 4 nitrogen and oxygen atoms in total. The maximum absolute atomic E-state index is 6.14. The molecule has 0 saturated carbocycles. The molecule has 0 spiro atoms. The van der Waals surface area contributed by atoms with Crippen LogP contribution in [0.5, 0.6) is 0 Å². The molecule has 0 saturated heterocycles. The fourth-order valence-corrected chi connectivity index (χ4v) is 1.81. The van der Waals surface area contributed by atoms with Crippen LogP contribution < -0.4 is 5.32 Å². The van der Waals surface area contributed by atoms with Crippen molar-refractivity contribution in [3.05, 3.63) is 16.5 Å². The van der Waals surface area contributed by atoms with Crippen LogP contribution in [0.3, 0.4) is 0 Å². The third-order valence-electron chi connectivity index (χ3n) is 2.83. The highest BCUT2D eigenvalue weighted by Crippen LogP contribution is 2.22. The quantitative estimate of drug-likeness (QED) is 0.581. The molecular weight excluding hydrogens is 274 g/mol. The number of aromatic nitrogens is 2. The van der Waals surface area contributed by atoms with Gasteiger partial charge in [-0.25, -0.2) is 9.97 Å². The minimum atomic E-state index is 0.267. The van der Waals surface area contributed by atoms with Crippen molar-refractivity contribution in [1.82, 2.24) is 9.97 Å². The Balaban J connectivity index is 2.47. The second-order valence-corrected chi connectivity index (χ2v) is 6.11. The summed E-state index contributed by atoms with van der Waals surface area (Å²) < 4.78 is 5.55. The third-order valence-corrected chi connectivity index (χ3v) is 3.20. The van der Waals surface area contributed by atoms with E-state index in [0.717, 1.165) is 43.4 Å². The van der Waals surface area contributed by atoms with Crippen LogP contribution in [-0.4, -0.2) is 29.7 Å². The van der Waals surface area contributed by atoms with Crippen LogP contribution in [0.15, 0.2) is 0 Å². The fraction of sp³-hybridized carbons (Fsp3) is 0.733. The van der Waals surface area contributed by atoms with E-state index in [-0.39, 0.29) is 5.92 Å². The summed E-state index contributed by atoms with van der Waals surface area (Å²) >= 11 is 6.14. The van der Waals surface area contributed by atoms with E-state index in [1.54, 1.807) is 0 Å². The van der Waals surface area contributed by atoms with Gasteiger partial charge in [0.05, 0.1) is 0 Å². The van der Waals surface area contributed by atoms with E-state index >= 15 is 0 Å². The summed E-state index contributed by atoms with van der Waals surface area (Å²) in [5, 5.41) is 3.85. The number of hydrogen-bond donors (Lipinski definition) is 1. The zero-order valence-electron chi connectivity index (χ0n) is 13.2. The van der Waals surface area contributed by atoms with Crippen molar-refractivity contribution in [2.24, 2.45) is 5.92 Å². The number of halogens is 1. The van der Waals surface area contributed by atoms with Crippen molar-refractivity contribution in [3.63, 3.8) is 0 Å². The first-order valence-electron chi connectivity index (χ1n) is 7.27. The first-order chi connectivity index (χ1) is 9.41. The molecule has 0 aromatic carbocycles. The van der Waals surface area contributed by atoms with Crippen LogP contribution in [0.25, 0.3) is 0 Å². The molecule has 1 rings (SSSR count). The second kappa shape index (κ2) is 8.42. The van der Waals surface area contributed by atoms with Crippen molar-refractivity contribution < 1.29 is 4.74 Å². The topological polar surface area (TPSA) is 47.0 Å². The zero-order valence-corrected chi connectivity index (χ0v) is 13.9. The molecule has 20 heavy (non-hydrogen) atoms. The molecule has 0 radical (unpaired) electrons. The molecule has 0 aliphatic heterocycles. The maximum atomic E-state index is 6.14. The SMILES string of the molecule is Cc1c(Cl)nc(C(C)C)nc1NCCCOCC(C)C. The highest BCUT2D eigenvalue weighted by atomic mass is 35.5. The summed E-state index contributed by atoms with van der Waals surface area (Å²) in [6, 6.07) is 0. The van der Waals surface area contributed by atoms with Gasteiger partial charge in [0.25, 0.3) is 0 Å². The van der Waals surface area contributed by atoms with E-state index in [0.29, 0.717) is 11.1 Å². The highest BCUT2D eigenvalue weighted by molar-refractivity contribution is 6.30. The van der Waals surface area contributed by atoms with Crippen molar-refractivity contribution >= 4 is 17.4 Å². The fourth-order valence-electron chi connectivity index (χ4n) is 1.64. The average Bonchev–Trinajstić information content (AvgIpc) is 2.37. The van der Waals surface area contributed by atoms with Crippen LogP contribution in [0.1, 0.15) is 51.4 Å². The normalized spacial score (nSPS) is 11.4. The van der Waals surface area contributed by atoms with Crippen molar-refractivity contribution in [2.45, 2.75) is 47.0 Å². The van der Waals surface area contributed by atoms with Gasteiger partial charge in [-0.2, -0.15) is 0 Å². The van der Waals surface area contributed by atoms with Gasteiger partial charge in [0.15, 0.2) is 0 Å². The first kappa shape index (κ1) is 17.2. The van der Waals surface area contributed by atoms with Gasteiger partial charge in [0.2, 0.25) is 0 Å². The number of nitrogens with one attached hydrogen (secondary N) is 1. The largest absolute Gasteiger partial charge is 0.381 e. The molecule has 114 valence electrons. The van der Waals surface area contributed by atoms with Gasteiger partial charge >= 0.3 is 0 Å². The van der Waals surface area contributed by atoms with Gasteiger partial charge in [0.1, 0.15) is 16.8 Å². The second-order valence-electron chi connectivity index (χ2n) is 5.75. The summed E-state index contributed by atoms with van der Waals surface area (Å²) in [5.74, 6) is 2.46. The molecule has 5 heteroatoms. The third kappa shape index (κ3) is 5.63. The minimum absolute atomic E-state index is 0.267. The lowest BCUT2D eigenvalue weighted by Crippen LogP contribution is -2.12. The van der Waals surface area contributed by atoms with E-state index in [2.05, 4.69) is 43.0 Å². The van der Waals surface area contributed by atoms with E-state index in [4.69, 9.17) is 16.3 Å². The molecule has 0 atom stereocenters. The molecule has 0 bridgehead atoms. The highest BCUT2D eigenvalue weighted by Gasteiger charge is 2.11.